The van der Waals surface area contributed by atoms with Gasteiger partial charge >= 0.3 is 11.9 Å². The van der Waals surface area contributed by atoms with Crippen LogP contribution in [0, 0.1) is 0 Å². The number of carbonyl (C=O) groups excluding carboxylic acids is 2. The van der Waals surface area contributed by atoms with E-state index < -0.39 is 17.7 Å². The van der Waals surface area contributed by atoms with Crippen molar-refractivity contribution in [3.8, 4) is 0 Å². The fourth-order valence-corrected chi connectivity index (χ4v) is 1.30. The molecule has 6 heteroatoms. The highest BCUT2D eigenvalue weighted by atomic mass is 17.2. The fraction of sp³-hybridized carbons (Fsp3) is 0.400. The van der Waals surface area contributed by atoms with Crippen molar-refractivity contribution in [2.45, 2.75) is 25.0 Å². The molecule has 0 saturated carbocycles. The maximum absolute atomic E-state index is 11.3. The van der Waals surface area contributed by atoms with Gasteiger partial charge in [-0.25, -0.2) is 19.4 Å². The first-order chi connectivity index (χ1) is 7.47. The zero-order valence-electron chi connectivity index (χ0n) is 8.51. The van der Waals surface area contributed by atoms with Crippen LogP contribution in [0.2, 0.25) is 0 Å². The molecule has 1 aliphatic rings. The van der Waals surface area contributed by atoms with E-state index in [0.29, 0.717) is 12.8 Å². The normalized spacial score (nSPS) is 18.2. The van der Waals surface area contributed by atoms with E-state index in [2.05, 4.69) is 16.4 Å². The van der Waals surface area contributed by atoms with Crippen molar-refractivity contribution in [1.82, 2.24) is 0 Å². The molecule has 0 bridgehead atoms. The summed E-state index contributed by atoms with van der Waals surface area (Å²) in [5.41, 5.74) is -0.324. The summed E-state index contributed by atoms with van der Waals surface area (Å²) in [7, 11) is 0. The van der Waals surface area contributed by atoms with Crippen molar-refractivity contribution in [1.29, 1.82) is 0 Å². The average molecular weight is 228 g/mol. The molecule has 0 aromatic heterocycles. The van der Waals surface area contributed by atoms with Crippen molar-refractivity contribution < 1.29 is 29.6 Å². The van der Waals surface area contributed by atoms with Crippen molar-refractivity contribution in [2.24, 2.45) is 0 Å². The summed E-state index contributed by atoms with van der Waals surface area (Å²) >= 11 is 0. The van der Waals surface area contributed by atoms with Gasteiger partial charge in [0.1, 0.15) is 0 Å². The predicted molar refractivity (Wildman–Crippen MR) is 51.5 cm³/mol. The van der Waals surface area contributed by atoms with Crippen LogP contribution in [-0.4, -0.2) is 27.9 Å². The number of hydrogen-bond acceptors (Lipinski definition) is 6. The van der Waals surface area contributed by atoms with Gasteiger partial charge in [0, 0.05) is 12.5 Å². The minimum atomic E-state index is -2.23. The maximum Gasteiger partial charge on any atom is 0.387 e. The quantitative estimate of drug-likeness (QED) is 0.298. The Morgan fingerprint density at radius 2 is 2.12 bits per heavy atom. The molecule has 0 heterocycles. The summed E-state index contributed by atoms with van der Waals surface area (Å²) in [6.07, 6.45) is 3.27. The van der Waals surface area contributed by atoms with Crippen LogP contribution >= 0.6 is 0 Å². The first kappa shape index (κ1) is 12.4. The van der Waals surface area contributed by atoms with Crippen LogP contribution in [0.3, 0.4) is 0 Å². The Hall–Kier alpha value is -1.66. The summed E-state index contributed by atoms with van der Waals surface area (Å²) in [4.78, 5) is 30.1. The highest BCUT2D eigenvalue weighted by Crippen LogP contribution is 2.27. The lowest BCUT2D eigenvalue weighted by Gasteiger charge is -2.26. The Labute approximate surface area is 91.7 Å². The molecule has 1 aliphatic carbocycles. The number of carbonyl (C=O) groups is 2. The van der Waals surface area contributed by atoms with Crippen LogP contribution in [0.4, 0.5) is 0 Å². The third-order valence-electron chi connectivity index (χ3n) is 2.10. The summed E-state index contributed by atoms with van der Waals surface area (Å²) in [5.74, 6) is -4.26. The SMILES string of the molecule is C=CC(=O)OOC(=O)C1=CCCCC1(O)O. The summed E-state index contributed by atoms with van der Waals surface area (Å²) in [6.45, 7) is 3.10. The lowest BCUT2D eigenvalue weighted by atomic mass is 9.93. The fourth-order valence-electron chi connectivity index (χ4n) is 1.30. The van der Waals surface area contributed by atoms with Gasteiger partial charge in [-0.15, -0.1) is 0 Å². The van der Waals surface area contributed by atoms with E-state index in [1.54, 1.807) is 0 Å². The van der Waals surface area contributed by atoms with Crippen molar-refractivity contribution >= 4 is 11.9 Å². The van der Waals surface area contributed by atoms with Gasteiger partial charge in [0.25, 0.3) is 0 Å². The molecule has 0 unspecified atom stereocenters. The van der Waals surface area contributed by atoms with Gasteiger partial charge < -0.3 is 10.2 Å². The predicted octanol–water partition coefficient (Wildman–Crippen LogP) is -0.0350. The molecule has 0 aromatic rings. The second-order valence-corrected chi connectivity index (χ2v) is 3.30. The molecular formula is C10H12O6. The van der Waals surface area contributed by atoms with E-state index in [0.717, 1.165) is 6.08 Å². The minimum Gasteiger partial charge on any atom is -0.362 e. The third kappa shape index (κ3) is 2.91. The van der Waals surface area contributed by atoms with Crippen molar-refractivity contribution in [3.63, 3.8) is 0 Å². The first-order valence-corrected chi connectivity index (χ1v) is 4.68. The Balaban J connectivity index is 2.63. The van der Waals surface area contributed by atoms with Crippen LogP contribution in [0.15, 0.2) is 24.3 Å². The number of rotatable bonds is 2. The second-order valence-electron chi connectivity index (χ2n) is 3.30. The molecule has 1 rings (SSSR count). The highest BCUT2D eigenvalue weighted by Gasteiger charge is 2.37. The number of hydrogen-bond donors (Lipinski definition) is 2. The topological polar surface area (TPSA) is 93.1 Å². The van der Waals surface area contributed by atoms with Crippen LogP contribution in [0.25, 0.3) is 0 Å². The van der Waals surface area contributed by atoms with Gasteiger partial charge in [0.2, 0.25) is 0 Å². The molecular weight excluding hydrogens is 216 g/mol. The zero-order valence-corrected chi connectivity index (χ0v) is 8.51. The molecule has 0 spiro atoms. The molecule has 0 atom stereocenters. The van der Waals surface area contributed by atoms with Crippen LogP contribution < -0.4 is 0 Å². The van der Waals surface area contributed by atoms with Crippen molar-refractivity contribution in [3.05, 3.63) is 24.3 Å². The van der Waals surface area contributed by atoms with Crippen LogP contribution in [0.1, 0.15) is 19.3 Å². The molecule has 0 aromatic carbocycles. The Morgan fingerprint density at radius 3 is 2.69 bits per heavy atom. The summed E-state index contributed by atoms with van der Waals surface area (Å²) < 4.78 is 0. The molecule has 0 fully saturated rings. The van der Waals surface area contributed by atoms with Gasteiger partial charge in [-0.1, -0.05) is 12.7 Å². The van der Waals surface area contributed by atoms with Gasteiger partial charge in [0.15, 0.2) is 5.79 Å². The molecule has 16 heavy (non-hydrogen) atoms. The van der Waals surface area contributed by atoms with E-state index in [-0.39, 0.29) is 12.0 Å². The van der Waals surface area contributed by atoms with Crippen molar-refractivity contribution in [2.75, 3.05) is 0 Å². The Bertz CT molecular complexity index is 341. The molecule has 2 N–H and O–H groups in total. The minimum absolute atomic E-state index is 0.0311. The Kier molecular flexibility index (Phi) is 3.81. The monoisotopic (exact) mass is 228 g/mol. The molecule has 6 nitrogen and oxygen atoms in total. The van der Waals surface area contributed by atoms with E-state index in [1.165, 1.54) is 6.08 Å². The lowest BCUT2D eigenvalue weighted by Crippen LogP contribution is -2.37. The molecule has 0 radical (unpaired) electrons. The second kappa shape index (κ2) is 4.91. The molecule has 0 saturated heterocycles. The standard InChI is InChI=1S/C10H12O6/c1-2-8(11)15-16-9(12)7-5-3-4-6-10(7,13)14/h2,5,13-14H,1,3-4,6H2. The summed E-state index contributed by atoms with van der Waals surface area (Å²) in [5, 5.41) is 18.9. The van der Waals surface area contributed by atoms with E-state index in [9.17, 15) is 19.8 Å². The number of aliphatic hydroxyl groups is 2. The zero-order chi connectivity index (χ0) is 12.2. The van der Waals surface area contributed by atoms with Gasteiger partial charge in [0.05, 0.1) is 5.57 Å². The highest BCUT2D eigenvalue weighted by molar-refractivity contribution is 5.91. The third-order valence-corrected chi connectivity index (χ3v) is 2.10. The van der Waals surface area contributed by atoms with E-state index in [4.69, 9.17) is 0 Å². The largest absolute Gasteiger partial charge is 0.387 e. The van der Waals surface area contributed by atoms with Gasteiger partial charge in [-0.2, -0.15) is 0 Å². The smallest absolute Gasteiger partial charge is 0.362 e. The van der Waals surface area contributed by atoms with Crippen LogP contribution in [0.5, 0.6) is 0 Å². The van der Waals surface area contributed by atoms with Crippen LogP contribution in [-0.2, 0) is 19.4 Å². The molecule has 0 amide bonds. The van der Waals surface area contributed by atoms with Gasteiger partial charge in [-0.05, 0) is 12.8 Å². The summed E-state index contributed by atoms with van der Waals surface area (Å²) in [6, 6.07) is 0. The lowest BCUT2D eigenvalue weighted by molar-refractivity contribution is -0.255. The van der Waals surface area contributed by atoms with E-state index >= 15 is 0 Å². The maximum atomic E-state index is 11.3. The first-order valence-electron chi connectivity index (χ1n) is 4.68. The number of allylic oxidation sites excluding steroid dienone is 1. The molecule has 88 valence electrons. The average Bonchev–Trinajstić information content (AvgIpc) is 2.24. The van der Waals surface area contributed by atoms with Gasteiger partial charge in [-0.3, -0.25) is 0 Å². The Morgan fingerprint density at radius 1 is 1.44 bits per heavy atom. The van der Waals surface area contributed by atoms with E-state index in [1.807, 2.05) is 0 Å². The molecule has 0 aliphatic heterocycles.